The average Bonchev–Trinajstić information content (AvgIpc) is 3.39. The van der Waals surface area contributed by atoms with E-state index in [1.807, 2.05) is 65.6 Å². The molecule has 2 amide bonds. The number of likely N-dealkylation sites (tertiary alicyclic amines) is 1. The van der Waals surface area contributed by atoms with Crippen LogP contribution in [0.15, 0.2) is 60.7 Å². The summed E-state index contributed by atoms with van der Waals surface area (Å²) in [6.07, 6.45) is 2.86. The molecule has 1 aliphatic rings. The van der Waals surface area contributed by atoms with Gasteiger partial charge in [0.1, 0.15) is 5.82 Å². The number of nitrogens with zero attached hydrogens (tertiary/aromatic N) is 4. The molecular weight excluding hydrogens is 378 g/mol. The van der Waals surface area contributed by atoms with Crippen molar-refractivity contribution in [3.8, 4) is 5.69 Å². The Bertz CT molecular complexity index is 1000. The maximum absolute atomic E-state index is 12.6. The quantitative estimate of drug-likeness (QED) is 0.587. The molecule has 1 N–H and O–H groups in total. The first-order valence-electron chi connectivity index (χ1n) is 10.3. The molecule has 4 rings (SSSR count). The number of benzene rings is 2. The zero-order valence-electron chi connectivity index (χ0n) is 16.8. The second kappa shape index (κ2) is 9.35. The van der Waals surface area contributed by atoms with E-state index >= 15 is 0 Å². The third-order valence-corrected chi connectivity index (χ3v) is 5.14. The van der Waals surface area contributed by atoms with Gasteiger partial charge in [0, 0.05) is 32.5 Å². The molecule has 0 saturated carbocycles. The lowest BCUT2D eigenvalue weighted by Crippen LogP contribution is -2.31. The summed E-state index contributed by atoms with van der Waals surface area (Å²) in [6, 6.07) is 19.7. The molecule has 0 unspecified atom stereocenters. The van der Waals surface area contributed by atoms with Crippen LogP contribution in [0.3, 0.4) is 0 Å². The fourth-order valence-electron chi connectivity index (χ4n) is 3.60. The van der Waals surface area contributed by atoms with Gasteiger partial charge in [0.2, 0.25) is 11.7 Å². The van der Waals surface area contributed by atoms with Crippen molar-refractivity contribution < 1.29 is 9.59 Å². The molecule has 154 valence electrons. The van der Waals surface area contributed by atoms with Crippen LogP contribution in [0.4, 0.5) is 0 Å². The number of carbonyl (C=O) groups is 2. The van der Waals surface area contributed by atoms with Crippen LogP contribution in [-0.2, 0) is 11.2 Å². The minimum atomic E-state index is -0.299. The van der Waals surface area contributed by atoms with Gasteiger partial charge in [-0.05, 0) is 30.5 Å². The van der Waals surface area contributed by atoms with Gasteiger partial charge in [-0.15, -0.1) is 5.10 Å². The smallest absolute Gasteiger partial charge is 0.290 e. The highest BCUT2D eigenvalue weighted by Gasteiger charge is 2.20. The average molecular weight is 403 g/mol. The number of nitrogens with one attached hydrogen (secondary N) is 1. The molecule has 7 heteroatoms. The predicted molar refractivity (Wildman–Crippen MR) is 113 cm³/mol. The molecule has 1 saturated heterocycles. The highest BCUT2D eigenvalue weighted by molar-refractivity contribution is 5.90. The number of carbonyl (C=O) groups excluding carboxylic acids is 2. The van der Waals surface area contributed by atoms with Crippen LogP contribution in [0.25, 0.3) is 5.69 Å². The number of amides is 2. The van der Waals surface area contributed by atoms with Crippen molar-refractivity contribution in [2.75, 3.05) is 19.6 Å². The lowest BCUT2D eigenvalue weighted by Gasteiger charge is -2.14. The van der Waals surface area contributed by atoms with E-state index in [4.69, 9.17) is 0 Å². The van der Waals surface area contributed by atoms with Crippen molar-refractivity contribution in [2.45, 2.75) is 25.7 Å². The largest absolute Gasteiger partial charge is 0.349 e. The zero-order chi connectivity index (χ0) is 20.8. The second-order valence-corrected chi connectivity index (χ2v) is 7.36. The van der Waals surface area contributed by atoms with E-state index in [1.165, 1.54) is 0 Å². The molecule has 3 aromatic rings. The van der Waals surface area contributed by atoms with E-state index < -0.39 is 0 Å². The minimum absolute atomic E-state index is 0.155. The highest BCUT2D eigenvalue weighted by Crippen LogP contribution is 2.14. The second-order valence-electron chi connectivity index (χ2n) is 7.36. The van der Waals surface area contributed by atoms with Gasteiger partial charge in [0.25, 0.3) is 5.91 Å². The molecule has 0 aliphatic carbocycles. The maximum Gasteiger partial charge on any atom is 0.290 e. The van der Waals surface area contributed by atoms with Crippen molar-refractivity contribution >= 4 is 11.8 Å². The molecule has 0 spiro atoms. The first-order valence-corrected chi connectivity index (χ1v) is 10.3. The van der Waals surface area contributed by atoms with Crippen molar-refractivity contribution in [1.82, 2.24) is 25.0 Å². The molecule has 1 fully saturated rings. The number of aromatic nitrogens is 3. The summed E-state index contributed by atoms with van der Waals surface area (Å²) in [4.78, 5) is 30.7. The monoisotopic (exact) mass is 403 g/mol. The molecule has 2 heterocycles. The van der Waals surface area contributed by atoms with Gasteiger partial charge in [0.05, 0.1) is 5.69 Å². The van der Waals surface area contributed by atoms with Crippen LogP contribution < -0.4 is 5.32 Å². The van der Waals surface area contributed by atoms with Gasteiger partial charge >= 0.3 is 0 Å². The third-order valence-electron chi connectivity index (χ3n) is 5.14. The van der Waals surface area contributed by atoms with Gasteiger partial charge < -0.3 is 10.2 Å². The first-order chi connectivity index (χ1) is 14.7. The Labute approximate surface area is 175 Å². The molecule has 30 heavy (non-hydrogen) atoms. The van der Waals surface area contributed by atoms with Crippen LogP contribution in [0, 0.1) is 0 Å². The van der Waals surface area contributed by atoms with E-state index in [-0.39, 0.29) is 17.6 Å². The summed E-state index contributed by atoms with van der Waals surface area (Å²) < 4.78 is 1.73. The Kier molecular flexibility index (Phi) is 6.17. The normalized spacial score (nSPS) is 13.6. The molecule has 1 aromatic heterocycles. The summed E-state index contributed by atoms with van der Waals surface area (Å²) >= 11 is 0. The molecule has 0 radical (unpaired) electrons. The number of para-hydroxylation sites is 1. The first kappa shape index (κ1) is 19.8. The predicted octanol–water partition coefficient (Wildman–Crippen LogP) is 2.60. The van der Waals surface area contributed by atoms with E-state index in [1.54, 1.807) is 4.68 Å². The van der Waals surface area contributed by atoms with E-state index in [0.29, 0.717) is 38.2 Å². The fourth-order valence-corrected chi connectivity index (χ4v) is 3.60. The molecular formula is C23H25N5O2. The fraction of sp³-hybridized carbons (Fsp3) is 0.304. The topological polar surface area (TPSA) is 80.1 Å². The van der Waals surface area contributed by atoms with Crippen molar-refractivity contribution in [2.24, 2.45) is 0 Å². The lowest BCUT2D eigenvalue weighted by molar-refractivity contribution is -0.127. The van der Waals surface area contributed by atoms with Crippen LogP contribution in [-0.4, -0.2) is 51.1 Å². The molecule has 0 atom stereocenters. The Morgan fingerprint density at radius 1 is 1.03 bits per heavy atom. The van der Waals surface area contributed by atoms with Crippen LogP contribution in [0.1, 0.15) is 41.3 Å². The zero-order valence-corrected chi connectivity index (χ0v) is 16.8. The van der Waals surface area contributed by atoms with Crippen LogP contribution in [0.5, 0.6) is 0 Å². The lowest BCUT2D eigenvalue weighted by atomic mass is 10.1. The van der Waals surface area contributed by atoms with Crippen molar-refractivity contribution in [3.05, 3.63) is 77.9 Å². The Morgan fingerprint density at radius 2 is 1.77 bits per heavy atom. The summed E-state index contributed by atoms with van der Waals surface area (Å²) in [5.41, 5.74) is 1.96. The van der Waals surface area contributed by atoms with Crippen molar-refractivity contribution in [3.63, 3.8) is 0 Å². The Balaban J connectivity index is 1.44. The summed E-state index contributed by atoms with van der Waals surface area (Å²) in [7, 11) is 0. The Morgan fingerprint density at radius 3 is 2.47 bits per heavy atom. The number of hydrogen-bond acceptors (Lipinski definition) is 4. The van der Waals surface area contributed by atoms with Crippen LogP contribution >= 0.6 is 0 Å². The molecule has 2 aromatic carbocycles. The van der Waals surface area contributed by atoms with E-state index in [2.05, 4.69) is 15.4 Å². The van der Waals surface area contributed by atoms with Gasteiger partial charge in [-0.3, -0.25) is 9.59 Å². The molecule has 1 aliphatic heterocycles. The van der Waals surface area contributed by atoms with Crippen molar-refractivity contribution in [1.29, 1.82) is 0 Å². The highest BCUT2D eigenvalue weighted by atomic mass is 16.2. The SMILES string of the molecule is O=C(NCCCN1CCCC1=O)c1nc(Cc2ccccc2)n(-c2ccccc2)n1. The molecule has 0 bridgehead atoms. The summed E-state index contributed by atoms with van der Waals surface area (Å²) in [5.74, 6) is 0.768. The number of hydrogen-bond donors (Lipinski definition) is 1. The summed E-state index contributed by atoms with van der Waals surface area (Å²) in [6.45, 7) is 1.97. The van der Waals surface area contributed by atoms with Gasteiger partial charge in [-0.1, -0.05) is 48.5 Å². The Hall–Kier alpha value is -3.48. The van der Waals surface area contributed by atoms with Gasteiger partial charge in [-0.2, -0.15) is 0 Å². The van der Waals surface area contributed by atoms with E-state index in [9.17, 15) is 9.59 Å². The van der Waals surface area contributed by atoms with E-state index in [0.717, 1.165) is 24.2 Å². The minimum Gasteiger partial charge on any atom is -0.349 e. The van der Waals surface area contributed by atoms with Crippen LogP contribution in [0.2, 0.25) is 0 Å². The summed E-state index contributed by atoms with van der Waals surface area (Å²) in [5, 5.41) is 7.35. The molecule has 7 nitrogen and oxygen atoms in total. The number of rotatable bonds is 8. The van der Waals surface area contributed by atoms with Gasteiger partial charge in [-0.25, -0.2) is 9.67 Å². The third kappa shape index (κ3) is 4.74. The van der Waals surface area contributed by atoms with Gasteiger partial charge in [0.15, 0.2) is 0 Å². The standard InChI is InChI=1S/C23H25N5O2/c29-21-13-7-15-27(21)16-8-14-24-23(30)22-25-20(17-18-9-3-1-4-10-18)28(26-22)19-11-5-2-6-12-19/h1-6,9-12H,7-8,13-17H2,(H,24,30). The maximum atomic E-state index is 12.6.